The number of hydrogen-bond acceptors (Lipinski definition) is 1. The molecule has 1 saturated carbocycles. The van der Waals surface area contributed by atoms with Crippen LogP contribution in [-0.4, -0.2) is 17.0 Å². The van der Waals surface area contributed by atoms with Gasteiger partial charge in [-0.2, -0.15) is 0 Å². The molecule has 0 aromatic rings. The van der Waals surface area contributed by atoms with Gasteiger partial charge >= 0.3 is 5.97 Å². The van der Waals surface area contributed by atoms with Crippen LogP contribution >= 0.6 is 0 Å². The molecule has 0 heterocycles. The van der Waals surface area contributed by atoms with Gasteiger partial charge in [0.2, 0.25) is 0 Å². The van der Waals surface area contributed by atoms with Crippen molar-refractivity contribution in [1.29, 1.82) is 0 Å². The summed E-state index contributed by atoms with van der Waals surface area (Å²) < 4.78 is 26.2. The van der Waals surface area contributed by atoms with Crippen molar-refractivity contribution >= 4 is 5.97 Å². The molecule has 0 radical (unpaired) electrons. The minimum Gasteiger partial charge on any atom is -0.481 e. The van der Waals surface area contributed by atoms with Crippen LogP contribution in [0.3, 0.4) is 0 Å². The molecule has 4 heteroatoms. The largest absolute Gasteiger partial charge is 0.481 e. The monoisotopic (exact) mass is 178 g/mol. The first kappa shape index (κ1) is 9.42. The van der Waals surface area contributed by atoms with E-state index in [0.29, 0.717) is 12.8 Å². The number of halogens is 2. The third-order valence-corrected chi connectivity index (χ3v) is 2.70. The maximum atomic E-state index is 13.1. The Morgan fingerprint density at radius 1 is 1.33 bits per heavy atom. The van der Waals surface area contributed by atoms with E-state index in [0.717, 1.165) is 6.92 Å². The van der Waals surface area contributed by atoms with Crippen LogP contribution in [0, 0.1) is 5.41 Å². The maximum absolute atomic E-state index is 13.1. The van der Waals surface area contributed by atoms with Gasteiger partial charge in [-0.25, -0.2) is 8.78 Å². The highest BCUT2D eigenvalue weighted by atomic mass is 19.3. The lowest BCUT2D eigenvalue weighted by atomic mass is 9.72. The van der Waals surface area contributed by atoms with Gasteiger partial charge in [-0.15, -0.1) is 0 Å². The van der Waals surface area contributed by atoms with Crippen molar-refractivity contribution in [3.05, 3.63) is 0 Å². The highest BCUT2D eigenvalue weighted by molar-refractivity contribution is 5.75. The van der Waals surface area contributed by atoms with Gasteiger partial charge in [-0.1, -0.05) is 6.42 Å². The van der Waals surface area contributed by atoms with Crippen molar-refractivity contribution < 1.29 is 18.7 Å². The average Bonchev–Trinajstić information content (AvgIpc) is 1.95. The Kier molecular flexibility index (Phi) is 2.10. The molecule has 0 bridgehead atoms. The van der Waals surface area contributed by atoms with Gasteiger partial charge in [0.1, 0.15) is 5.41 Å². The smallest absolute Gasteiger partial charge is 0.315 e. The number of hydrogen-bond donors (Lipinski definition) is 1. The van der Waals surface area contributed by atoms with Crippen molar-refractivity contribution in [2.75, 3.05) is 0 Å². The van der Waals surface area contributed by atoms with E-state index >= 15 is 0 Å². The second-order valence-corrected chi connectivity index (χ2v) is 3.55. The Labute approximate surface area is 69.6 Å². The molecular formula is C8H12F2O2. The second kappa shape index (κ2) is 2.68. The predicted molar refractivity (Wildman–Crippen MR) is 39.2 cm³/mol. The first-order chi connectivity index (χ1) is 5.40. The summed E-state index contributed by atoms with van der Waals surface area (Å²) in [6, 6.07) is 0. The SMILES string of the molecule is CC1(C(=O)O)CCCCC1(F)F. The van der Waals surface area contributed by atoms with Crippen LogP contribution in [0.2, 0.25) is 0 Å². The van der Waals surface area contributed by atoms with Crippen molar-refractivity contribution in [3.8, 4) is 0 Å². The summed E-state index contributed by atoms with van der Waals surface area (Å²) in [6.07, 6.45) is 0.791. The first-order valence-electron chi connectivity index (χ1n) is 4.01. The third kappa shape index (κ3) is 1.19. The zero-order valence-corrected chi connectivity index (χ0v) is 6.94. The van der Waals surface area contributed by atoms with E-state index in [4.69, 9.17) is 5.11 Å². The normalized spacial score (nSPS) is 34.6. The topological polar surface area (TPSA) is 37.3 Å². The third-order valence-electron chi connectivity index (χ3n) is 2.70. The predicted octanol–water partition coefficient (Wildman–Crippen LogP) is 2.29. The summed E-state index contributed by atoms with van der Waals surface area (Å²) in [5.74, 6) is -4.43. The lowest BCUT2D eigenvalue weighted by molar-refractivity contribution is -0.185. The minimum atomic E-state index is -3.04. The summed E-state index contributed by atoms with van der Waals surface area (Å²) in [6.45, 7) is 1.13. The number of rotatable bonds is 1. The van der Waals surface area contributed by atoms with Crippen LogP contribution in [0.25, 0.3) is 0 Å². The number of alkyl halides is 2. The molecule has 1 aliphatic carbocycles. The van der Waals surface area contributed by atoms with Crippen LogP contribution in [0.5, 0.6) is 0 Å². The molecule has 12 heavy (non-hydrogen) atoms. The van der Waals surface area contributed by atoms with Crippen LogP contribution in [0.15, 0.2) is 0 Å². The fourth-order valence-electron chi connectivity index (χ4n) is 1.55. The maximum Gasteiger partial charge on any atom is 0.315 e. The second-order valence-electron chi connectivity index (χ2n) is 3.55. The molecule has 1 N–H and O–H groups in total. The van der Waals surface area contributed by atoms with Gasteiger partial charge in [0.25, 0.3) is 5.92 Å². The van der Waals surface area contributed by atoms with Crippen LogP contribution < -0.4 is 0 Å². The summed E-state index contributed by atoms with van der Waals surface area (Å²) in [4.78, 5) is 10.6. The number of aliphatic carboxylic acids is 1. The molecule has 70 valence electrons. The Hall–Kier alpha value is -0.670. The van der Waals surface area contributed by atoms with Crippen LogP contribution in [0.4, 0.5) is 8.78 Å². The van der Waals surface area contributed by atoms with Crippen molar-refractivity contribution in [3.63, 3.8) is 0 Å². The number of carbonyl (C=O) groups is 1. The Bertz CT molecular complexity index is 203. The van der Waals surface area contributed by atoms with E-state index in [-0.39, 0.29) is 12.8 Å². The zero-order valence-electron chi connectivity index (χ0n) is 6.94. The molecule has 0 spiro atoms. The summed E-state index contributed by atoms with van der Waals surface area (Å²) in [5, 5.41) is 8.65. The van der Waals surface area contributed by atoms with E-state index in [1.165, 1.54) is 0 Å². The van der Waals surface area contributed by atoms with E-state index in [2.05, 4.69) is 0 Å². The van der Waals surface area contributed by atoms with Crippen LogP contribution in [0.1, 0.15) is 32.6 Å². The summed E-state index contributed by atoms with van der Waals surface area (Å²) in [7, 11) is 0. The quantitative estimate of drug-likeness (QED) is 0.668. The molecule has 1 rings (SSSR count). The molecule has 1 aliphatic rings. The highest BCUT2D eigenvalue weighted by Gasteiger charge is 2.56. The molecule has 1 unspecified atom stereocenters. The van der Waals surface area contributed by atoms with Gasteiger partial charge < -0.3 is 5.11 Å². The first-order valence-corrected chi connectivity index (χ1v) is 4.01. The molecule has 0 aromatic carbocycles. The van der Waals surface area contributed by atoms with Gasteiger partial charge in [0.15, 0.2) is 0 Å². The highest BCUT2D eigenvalue weighted by Crippen LogP contribution is 2.47. The fourth-order valence-corrected chi connectivity index (χ4v) is 1.55. The molecule has 1 fully saturated rings. The standard InChI is InChI=1S/C8H12F2O2/c1-7(6(11)12)4-2-3-5-8(7,9)10/h2-5H2,1H3,(H,11,12). The molecule has 0 amide bonds. The lowest BCUT2D eigenvalue weighted by Gasteiger charge is -2.37. The average molecular weight is 178 g/mol. The van der Waals surface area contributed by atoms with Gasteiger partial charge in [0, 0.05) is 6.42 Å². The molecular weight excluding hydrogens is 166 g/mol. The van der Waals surface area contributed by atoms with Crippen molar-refractivity contribution in [1.82, 2.24) is 0 Å². The molecule has 1 atom stereocenters. The van der Waals surface area contributed by atoms with Crippen molar-refractivity contribution in [2.24, 2.45) is 5.41 Å². The summed E-state index contributed by atoms with van der Waals surface area (Å²) in [5.41, 5.74) is -1.84. The number of carboxylic acids is 1. The fraction of sp³-hybridized carbons (Fsp3) is 0.875. The Morgan fingerprint density at radius 2 is 1.83 bits per heavy atom. The molecule has 2 nitrogen and oxygen atoms in total. The van der Waals surface area contributed by atoms with Crippen molar-refractivity contribution in [2.45, 2.75) is 38.5 Å². The Morgan fingerprint density at radius 3 is 2.17 bits per heavy atom. The lowest BCUT2D eigenvalue weighted by Crippen LogP contribution is -2.47. The van der Waals surface area contributed by atoms with Crippen LogP contribution in [-0.2, 0) is 4.79 Å². The van der Waals surface area contributed by atoms with Gasteiger partial charge in [0.05, 0.1) is 0 Å². The Balaban J connectivity index is 2.91. The van der Waals surface area contributed by atoms with E-state index in [1.807, 2.05) is 0 Å². The van der Waals surface area contributed by atoms with E-state index in [1.54, 1.807) is 0 Å². The molecule has 0 aliphatic heterocycles. The zero-order chi connectivity index (χ0) is 9.41. The summed E-state index contributed by atoms with van der Waals surface area (Å²) >= 11 is 0. The molecule has 0 saturated heterocycles. The van der Waals surface area contributed by atoms with E-state index < -0.39 is 17.3 Å². The van der Waals surface area contributed by atoms with Gasteiger partial charge in [-0.3, -0.25) is 4.79 Å². The molecule has 0 aromatic heterocycles. The van der Waals surface area contributed by atoms with Gasteiger partial charge in [-0.05, 0) is 19.8 Å². The minimum absolute atomic E-state index is 0.0787. The number of carboxylic acid groups (broad SMARTS) is 1. The van der Waals surface area contributed by atoms with E-state index in [9.17, 15) is 13.6 Å².